The molecule has 1 aromatic heterocycles. The molecule has 1 aromatic rings. The molecule has 1 aliphatic rings. The molecule has 0 amide bonds. The molecule has 2 rings (SSSR count). The van der Waals surface area contributed by atoms with Crippen LogP contribution < -0.4 is 4.90 Å². The predicted octanol–water partition coefficient (Wildman–Crippen LogP) is 3.01. The fourth-order valence-electron chi connectivity index (χ4n) is 2.02. The summed E-state index contributed by atoms with van der Waals surface area (Å²) < 4.78 is 0. The van der Waals surface area contributed by atoms with Gasteiger partial charge in [0.2, 0.25) is 0 Å². The molecule has 90 valence electrons. The van der Waals surface area contributed by atoms with Crippen molar-refractivity contribution in [1.82, 2.24) is 4.98 Å². The SMILES string of the molecule is Cc1cc(CCl)cnc1N(CCC#N)C1CC1. The Morgan fingerprint density at radius 1 is 1.59 bits per heavy atom. The maximum Gasteiger partial charge on any atom is 0.131 e. The first-order valence-electron chi connectivity index (χ1n) is 5.91. The molecule has 1 heterocycles. The zero-order valence-corrected chi connectivity index (χ0v) is 10.7. The quantitative estimate of drug-likeness (QED) is 0.753. The van der Waals surface area contributed by atoms with E-state index in [0.29, 0.717) is 18.3 Å². The third-order valence-corrected chi connectivity index (χ3v) is 3.29. The van der Waals surface area contributed by atoms with Gasteiger partial charge in [0, 0.05) is 24.7 Å². The van der Waals surface area contributed by atoms with E-state index in [2.05, 4.69) is 28.9 Å². The number of hydrogen-bond donors (Lipinski definition) is 0. The van der Waals surface area contributed by atoms with Gasteiger partial charge in [0.1, 0.15) is 5.82 Å². The Hall–Kier alpha value is -1.27. The summed E-state index contributed by atoms with van der Waals surface area (Å²) in [6, 6.07) is 4.86. The van der Waals surface area contributed by atoms with Gasteiger partial charge in [0.25, 0.3) is 0 Å². The Bertz CT molecular complexity index is 435. The third-order valence-electron chi connectivity index (χ3n) is 2.99. The fraction of sp³-hybridized carbons (Fsp3) is 0.538. The molecule has 17 heavy (non-hydrogen) atoms. The average Bonchev–Trinajstić information content (AvgIpc) is 3.15. The Labute approximate surface area is 107 Å². The normalized spacial score (nSPS) is 14.4. The molecule has 0 aromatic carbocycles. The van der Waals surface area contributed by atoms with Gasteiger partial charge in [-0.3, -0.25) is 0 Å². The van der Waals surface area contributed by atoms with Crippen LogP contribution in [0.5, 0.6) is 0 Å². The molecular weight excluding hydrogens is 234 g/mol. The van der Waals surface area contributed by atoms with Gasteiger partial charge in [0.05, 0.1) is 12.5 Å². The van der Waals surface area contributed by atoms with Crippen molar-refractivity contribution in [2.45, 2.75) is 38.1 Å². The lowest BCUT2D eigenvalue weighted by molar-refractivity contribution is 0.773. The number of nitrogens with zero attached hydrogens (tertiary/aromatic N) is 3. The summed E-state index contributed by atoms with van der Waals surface area (Å²) >= 11 is 5.79. The first-order chi connectivity index (χ1) is 8.26. The average molecular weight is 250 g/mol. The van der Waals surface area contributed by atoms with E-state index in [1.807, 2.05) is 6.20 Å². The van der Waals surface area contributed by atoms with Crippen LogP contribution in [0, 0.1) is 18.3 Å². The van der Waals surface area contributed by atoms with E-state index in [1.54, 1.807) is 0 Å². The molecule has 0 saturated heterocycles. The molecule has 0 N–H and O–H groups in total. The molecule has 0 bridgehead atoms. The Morgan fingerprint density at radius 2 is 2.35 bits per heavy atom. The van der Waals surface area contributed by atoms with E-state index in [1.165, 1.54) is 12.8 Å². The van der Waals surface area contributed by atoms with E-state index < -0.39 is 0 Å². The Kier molecular flexibility index (Phi) is 3.86. The van der Waals surface area contributed by atoms with Gasteiger partial charge in [-0.05, 0) is 37.0 Å². The van der Waals surface area contributed by atoms with Crippen LogP contribution in [0.15, 0.2) is 12.3 Å². The summed E-state index contributed by atoms with van der Waals surface area (Å²) in [4.78, 5) is 6.76. The molecule has 0 unspecified atom stereocenters. The number of hydrogen-bond acceptors (Lipinski definition) is 3. The van der Waals surface area contributed by atoms with Gasteiger partial charge in [-0.2, -0.15) is 5.26 Å². The van der Waals surface area contributed by atoms with E-state index in [4.69, 9.17) is 16.9 Å². The Balaban J connectivity index is 2.20. The number of alkyl halides is 1. The van der Waals surface area contributed by atoms with Crippen LogP contribution in [-0.4, -0.2) is 17.6 Å². The number of halogens is 1. The van der Waals surface area contributed by atoms with Gasteiger partial charge >= 0.3 is 0 Å². The summed E-state index contributed by atoms with van der Waals surface area (Å²) in [5.41, 5.74) is 2.19. The zero-order chi connectivity index (χ0) is 12.3. The second kappa shape index (κ2) is 5.37. The second-order valence-corrected chi connectivity index (χ2v) is 4.72. The lowest BCUT2D eigenvalue weighted by atomic mass is 10.2. The molecule has 4 heteroatoms. The standard InChI is InChI=1S/C13H16ClN3/c1-10-7-11(8-14)9-16-13(10)17(6-2-5-15)12-3-4-12/h7,9,12H,2-4,6,8H2,1H3. The maximum absolute atomic E-state index is 8.70. The second-order valence-electron chi connectivity index (χ2n) is 4.45. The smallest absolute Gasteiger partial charge is 0.131 e. The molecular formula is C13H16ClN3. The highest BCUT2D eigenvalue weighted by molar-refractivity contribution is 6.17. The molecule has 1 saturated carbocycles. The van der Waals surface area contributed by atoms with Gasteiger partial charge in [-0.15, -0.1) is 11.6 Å². The third kappa shape index (κ3) is 2.89. The number of rotatable bonds is 5. The molecule has 0 radical (unpaired) electrons. The minimum atomic E-state index is 0.496. The van der Waals surface area contributed by atoms with Crippen LogP contribution in [0.4, 0.5) is 5.82 Å². The monoisotopic (exact) mass is 249 g/mol. The Morgan fingerprint density at radius 3 is 2.88 bits per heavy atom. The summed E-state index contributed by atoms with van der Waals surface area (Å²) in [6.45, 7) is 2.83. The van der Waals surface area contributed by atoms with Crippen molar-refractivity contribution in [3.05, 3.63) is 23.4 Å². The van der Waals surface area contributed by atoms with Gasteiger partial charge in [0.15, 0.2) is 0 Å². The van der Waals surface area contributed by atoms with Crippen LogP contribution in [-0.2, 0) is 5.88 Å². The zero-order valence-electron chi connectivity index (χ0n) is 9.99. The summed E-state index contributed by atoms with van der Waals surface area (Å²) in [7, 11) is 0. The molecule has 0 aliphatic heterocycles. The number of pyridine rings is 1. The lowest BCUT2D eigenvalue weighted by Gasteiger charge is -2.24. The van der Waals surface area contributed by atoms with Gasteiger partial charge < -0.3 is 4.90 Å². The van der Waals surface area contributed by atoms with Crippen molar-refractivity contribution in [1.29, 1.82) is 5.26 Å². The lowest BCUT2D eigenvalue weighted by Crippen LogP contribution is -2.28. The molecule has 0 spiro atoms. The van der Waals surface area contributed by atoms with Crippen LogP contribution in [0.2, 0.25) is 0 Å². The molecule has 0 atom stereocenters. The largest absolute Gasteiger partial charge is 0.352 e. The minimum Gasteiger partial charge on any atom is -0.352 e. The molecule has 1 fully saturated rings. The summed E-state index contributed by atoms with van der Waals surface area (Å²) in [6.07, 6.45) is 4.81. The summed E-state index contributed by atoms with van der Waals surface area (Å²) in [5.74, 6) is 1.51. The van der Waals surface area contributed by atoms with Crippen molar-refractivity contribution in [3.63, 3.8) is 0 Å². The highest BCUT2D eigenvalue weighted by Crippen LogP contribution is 2.32. The minimum absolute atomic E-state index is 0.496. The van der Waals surface area contributed by atoms with E-state index in [9.17, 15) is 0 Å². The highest BCUT2D eigenvalue weighted by atomic mass is 35.5. The summed E-state index contributed by atoms with van der Waals surface area (Å²) in [5, 5.41) is 8.70. The van der Waals surface area contributed by atoms with Crippen molar-refractivity contribution < 1.29 is 0 Å². The van der Waals surface area contributed by atoms with Crippen LogP contribution in [0.25, 0.3) is 0 Å². The van der Waals surface area contributed by atoms with Crippen molar-refractivity contribution in [2.75, 3.05) is 11.4 Å². The molecule has 3 nitrogen and oxygen atoms in total. The van der Waals surface area contributed by atoms with Crippen molar-refractivity contribution >= 4 is 17.4 Å². The van der Waals surface area contributed by atoms with Crippen LogP contribution in [0.3, 0.4) is 0 Å². The topological polar surface area (TPSA) is 39.9 Å². The highest BCUT2D eigenvalue weighted by Gasteiger charge is 2.30. The van der Waals surface area contributed by atoms with E-state index in [-0.39, 0.29) is 0 Å². The van der Waals surface area contributed by atoms with Crippen LogP contribution in [0.1, 0.15) is 30.4 Å². The van der Waals surface area contributed by atoms with Crippen molar-refractivity contribution in [2.24, 2.45) is 0 Å². The van der Waals surface area contributed by atoms with E-state index >= 15 is 0 Å². The predicted molar refractivity (Wildman–Crippen MR) is 69.1 cm³/mol. The maximum atomic E-state index is 8.70. The fourth-order valence-corrected chi connectivity index (χ4v) is 2.16. The number of aromatic nitrogens is 1. The first kappa shape index (κ1) is 12.2. The first-order valence-corrected chi connectivity index (χ1v) is 6.44. The van der Waals surface area contributed by atoms with Crippen molar-refractivity contribution in [3.8, 4) is 6.07 Å². The molecule has 1 aliphatic carbocycles. The number of aryl methyl sites for hydroxylation is 1. The van der Waals surface area contributed by atoms with Gasteiger partial charge in [-0.1, -0.05) is 0 Å². The van der Waals surface area contributed by atoms with E-state index in [0.717, 1.165) is 23.5 Å². The number of anilines is 1. The number of nitriles is 1. The van der Waals surface area contributed by atoms with Gasteiger partial charge in [-0.25, -0.2) is 4.98 Å². The van der Waals surface area contributed by atoms with Crippen LogP contribution >= 0.6 is 11.6 Å².